The predicted molar refractivity (Wildman–Crippen MR) is 108 cm³/mol. The third kappa shape index (κ3) is 3.59. The molecule has 2 aromatic carbocycles. The quantitative estimate of drug-likeness (QED) is 0.409. The van der Waals surface area contributed by atoms with Crippen LogP contribution in [0.5, 0.6) is 11.5 Å². The Balaban J connectivity index is 1.57. The van der Waals surface area contributed by atoms with Crippen molar-refractivity contribution in [2.75, 3.05) is 0 Å². The minimum Gasteiger partial charge on any atom is -0.452 e. The highest BCUT2D eigenvalue weighted by Gasteiger charge is 2.31. The van der Waals surface area contributed by atoms with Gasteiger partial charge < -0.3 is 9.47 Å². The molecule has 4 heteroatoms. The number of aryl methyl sites for hydroxylation is 1. The van der Waals surface area contributed by atoms with E-state index < -0.39 is 0 Å². The van der Waals surface area contributed by atoms with Gasteiger partial charge in [-0.2, -0.15) is 0 Å². The number of rotatable bonds is 3. The zero-order valence-electron chi connectivity index (χ0n) is 16.3. The Hall–Kier alpha value is -2.88. The van der Waals surface area contributed by atoms with Crippen LogP contribution < -0.4 is 9.47 Å². The molecule has 144 valence electrons. The lowest BCUT2D eigenvalue weighted by molar-refractivity contribution is -0.140. The first kappa shape index (κ1) is 18.5. The highest BCUT2D eigenvalue weighted by Crippen LogP contribution is 2.39. The molecule has 0 N–H and O–H groups in total. The molecule has 0 atom stereocenters. The number of hydrogen-bond acceptors (Lipinski definition) is 4. The van der Waals surface area contributed by atoms with Crippen molar-refractivity contribution in [1.82, 2.24) is 0 Å². The smallest absolute Gasteiger partial charge is 0.314 e. The van der Waals surface area contributed by atoms with Crippen LogP contribution in [0.1, 0.15) is 59.2 Å². The normalized spacial score (nSPS) is 18.1. The second-order valence-corrected chi connectivity index (χ2v) is 7.68. The van der Waals surface area contributed by atoms with Crippen molar-refractivity contribution in [3.63, 3.8) is 0 Å². The monoisotopic (exact) mass is 376 g/mol. The number of esters is 1. The molecular weight excluding hydrogens is 352 g/mol. The van der Waals surface area contributed by atoms with Crippen LogP contribution in [0.2, 0.25) is 0 Å². The maximum atomic E-state index is 12.7. The Bertz CT molecular complexity index is 965. The SMILES string of the molecule is Cc1cccc(/C=C2\Oc3c(ccc(OC(=O)C4CCCCC4)c3C)C2=O)c1. The van der Waals surface area contributed by atoms with Gasteiger partial charge in [-0.3, -0.25) is 9.59 Å². The van der Waals surface area contributed by atoms with Crippen LogP contribution in [-0.2, 0) is 4.79 Å². The molecule has 0 bridgehead atoms. The van der Waals surface area contributed by atoms with Gasteiger partial charge in [-0.1, -0.05) is 49.1 Å². The van der Waals surface area contributed by atoms with Crippen LogP contribution in [0.15, 0.2) is 42.2 Å². The third-order valence-electron chi connectivity index (χ3n) is 5.53. The van der Waals surface area contributed by atoms with Gasteiger partial charge >= 0.3 is 5.97 Å². The van der Waals surface area contributed by atoms with Crippen LogP contribution in [0.4, 0.5) is 0 Å². The second-order valence-electron chi connectivity index (χ2n) is 7.68. The minimum atomic E-state index is -0.178. The number of benzene rings is 2. The molecule has 1 aliphatic heterocycles. The Morgan fingerprint density at radius 1 is 1.11 bits per heavy atom. The summed E-state index contributed by atoms with van der Waals surface area (Å²) in [5, 5.41) is 0. The van der Waals surface area contributed by atoms with Crippen molar-refractivity contribution in [2.45, 2.75) is 46.0 Å². The number of carbonyl (C=O) groups is 2. The number of carbonyl (C=O) groups excluding carboxylic acids is 2. The summed E-state index contributed by atoms with van der Waals surface area (Å²) in [6.07, 6.45) is 6.87. The Kier molecular flexibility index (Phi) is 5.03. The highest BCUT2D eigenvalue weighted by atomic mass is 16.5. The van der Waals surface area contributed by atoms with Crippen molar-refractivity contribution < 1.29 is 19.1 Å². The van der Waals surface area contributed by atoms with Gasteiger partial charge in [0.15, 0.2) is 5.76 Å². The number of Topliss-reactive ketones (excluding diaryl/α,β-unsaturated/α-hetero) is 1. The molecule has 1 fully saturated rings. The molecule has 0 unspecified atom stereocenters. The van der Waals surface area contributed by atoms with Crippen LogP contribution in [-0.4, -0.2) is 11.8 Å². The first-order chi connectivity index (χ1) is 13.5. The average Bonchev–Trinajstić information content (AvgIpc) is 3.01. The number of ketones is 1. The summed E-state index contributed by atoms with van der Waals surface area (Å²) < 4.78 is 11.5. The number of allylic oxidation sites excluding steroid dienone is 1. The van der Waals surface area contributed by atoms with Gasteiger partial charge in [-0.15, -0.1) is 0 Å². The molecule has 2 aromatic rings. The Morgan fingerprint density at radius 2 is 1.89 bits per heavy atom. The fraction of sp³-hybridized carbons (Fsp3) is 0.333. The summed E-state index contributed by atoms with van der Waals surface area (Å²) in [6.45, 7) is 3.83. The van der Waals surface area contributed by atoms with Crippen molar-refractivity contribution in [3.8, 4) is 11.5 Å². The number of ether oxygens (including phenoxy) is 2. The molecule has 0 saturated heterocycles. The largest absolute Gasteiger partial charge is 0.452 e. The minimum absolute atomic E-state index is 0.0271. The molecule has 1 heterocycles. The first-order valence-electron chi connectivity index (χ1n) is 9.89. The molecule has 4 rings (SSSR count). The molecule has 0 spiro atoms. The maximum Gasteiger partial charge on any atom is 0.314 e. The summed E-state index contributed by atoms with van der Waals surface area (Å²) >= 11 is 0. The lowest BCUT2D eigenvalue weighted by atomic mass is 9.89. The van der Waals surface area contributed by atoms with E-state index in [2.05, 4.69) is 0 Å². The molecule has 0 aromatic heterocycles. The Labute approximate surface area is 165 Å². The average molecular weight is 376 g/mol. The molecule has 2 aliphatic rings. The maximum absolute atomic E-state index is 12.7. The molecular formula is C24H24O4. The van der Waals surface area contributed by atoms with Gasteiger partial charge in [0.1, 0.15) is 11.5 Å². The Morgan fingerprint density at radius 3 is 2.64 bits per heavy atom. The zero-order valence-corrected chi connectivity index (χ0v) is 16.3. The molecule has 28 heavy (non-hydrogen) atoms. The lowest BCUT2D eigenvalue weighted by Gasteiger charge is -2.20. The van der Waals surface area contributed by atoms with Crippen molar-refractivity contribution in [3.05, 3.63) is 64.4 Å². The summed E-state index contributed by atoms with van der Waals surface area (Å²) in [7, 11) is 0. The molecule has 0 amide bonds. The predicted octanol–water partition coefficient (Wildman–Crippen LogP) is 5.41. The molecule has 1 aliphatic carbocycles. The first-order valence-corrected chi connectivity index (χ1v) is 9.89. The van der Waals surface area contributed by atoms with Gasteiger partial charge in [0.05, 0.1) is 11.5 Å². The fourth-order valence-corrected chi connectivity index (χ4v) is 3.92. The summed E-state index contributed by atoms with van der Waals surface area (Å²) in [5.41, 5.74) is 3.22. The zero-order chi connectivity index (χ0) is 19.7. The van der Waals surface area contributed by atoms with E-state index in [1.54, 1.807) is 18.2 Å². The van der Waals surface area contributed by atoms with Crippen LogP contribution >= 0.6 is 0 Å². The van der Waals surface area contributed by atoms with Crippen molar-refractivity contribution >= 4 is 17.8 Å². The highest BCUT2D eigenvalue weighted by molar-refractivity contribution is 6.15. The van der Waals surface area contributed by atoms with Gasteiger partial charge in [0.25, 0.3) is 0 Å². The second kappa shape index (κ2) is 7.63. The van der Waals surface area contributed by atoms with E-state index in [-0.39, 0.29) is 17.7 Å². The summed E-state index contributed by atoms with van der Waals surface area (Å²) in [5.74, 6) is 0.893. The molecule has 0 radical (unpaired) electrons. The standard InChI is InChI=1S/C24H24O4/c1-15-7-6-8-17(13-15)14-21-22(25)19-11-12-20(16(2)23(19)27-21)28-24(26)18-9-4-3-5-10-18/h6-8,11-14,18H,3-5,9-10H2,1-2H3/b21-14-. The number of fused-ring (bicyclic) bond motifs is 1. The van der Waals surface area contributed by atoms with E-state index in [0.717, 1.165) is 36.8 Å². The summed E-state index contributed by atoms with van der Waals surface area (Å²) in [6, 6.07) is 11.3. The van der Waals surface area contributed by atoms with E-state index in [9.17, 15) is 9.59 Å². The topological polar surface area (TPSA) is 52.6 Å². The van der Waals surface area contributed by atoms with E-state index in [0.29, 0.717) is 28.4 Å². The van der Waals surface area contributed by atoms with E-state index in [1.807, 2.05) is 38.1 Å². The van der Waals surface area contributed by atoms with Gasteiger partial charge in [0.2, 0.25) is 5.78 Å². The third-order valence-corrected chi connectivity index (χ3v) is 5.53. The lowest BCUT2D eigenvalue weighted by Crippen LogP contribution is -2.23. The van der Waals surface area contributed by atoms with Gasteiger partial charge in [-0.25, -0.2) is 0 Å². The van der Waals surface area contributed by atoms with Crippen LogP contribution in [0, 0.1) is 19.8 Å². The van der Waals surface area contributed by atoms with Crippen molar-refractivity contribution in [2.24, 2.45) is 5.92 Å². The molecule has 1 saturated carbocycles. The van der Waals surface area contributed by atoms with E-state index in [4.69, 9.17) is 9.47 Å². The molecule has 4 nitrogen and oxygen atoms in total. The van der Waals surface area contributed by atoms with E-state index in [1.165, 1.54) is 6.42 Å². The fourth-order valence-electron chi connectivity index (χ4n) is 3.92. The van der Waals surface area contributed by atoms with Crippen LogP contribution in [0.25, 0.3) is 6.08 Å². The van der Waals surface area contributed by atoms with E-state index >= 15 is 0 Å². The van der Waals surface area contributed by atoms with Gasteiger partial charge in [0, 0.05) is 5.56 Å². The van der Waals surface area contributed by atoms with Crippen molar-refractivity contribution in [1.29, 1.82) is 0 Å². The number of hydrogen-bond donors (Lipinski definition) is 0. The van der Waals surface area contributed by atoms with Crippen LogP contribution in [0.3, 0.4) is 0 Å². The summed E-state index contributed by atoms with van der Waals surface area (Å²) in [4.78, 5) is 25.2. The van der Waals surface area contributed by atoms with Gasteiger partial charge in [-0.05, 0) is 50.5 Å².